The molecule has 0 radical (unpaired) electrons. The predicted molar refractivity (Wildman–Crippen MR) is 78.3 cm³/mol. The molecular weight excluding hydrogens is 256 g/mol. The molecule has 1 aliphatic rings. The monoisotopic (exact) mass is 284 g/mol. The number of nitrogens with zero attached hydrogens (tertiary/aromatic N) is 1. The third kappa shape index (κ3) is 4.78. The molecule has 0 aliphatic carbocycles. The summed E-state index contributed by atoms with van der Waals surface area (Å²) in [6, 6.07) is 0. The highest BCUT2D eigenvalue weighted by Crippen LogP contribution is 2.25. The number of ether oxygens (including phenoxy) is 1. The van der Waals surface area contributed by atoms with Crippen molar-refractivity contribution in [2.75, 3.05) is 33.3 Å². The van der Waals surface area contributed by atoms with E-state index in [4.69, 9.17) is 4.74 Å². The van der Waals surface area contributed by atoms with E-state index in [-0.39, 0.29) is 17.3 Å². The molecule has 1 aliphatic heterocycles. The molecule has 1 amide bonds. The van der Waals surface area contributed by atoms with Crippen LogP contribution in [-0.4, -0.2) is 50.1 Å². The second kappa shape index (κ2) is 7.62. The number of hydrogen-bond acceptors (Lipinski definition) is 4. The quantitative estimate of drug-likeness (QED) is 0.750. The summed E-state index contributed by atoms with van der Waals surface area (Å²) in [5.74, 6) is 0.403. The molecule has 20 heavy (non-hydrogen) atoms. The number of carbonyl (C=O) groups is 2. The van der Waals surface area contributed by atoms with Crippen LogP contribution >= 0.6 is 0 Å². The van der Waals surface area contributed by atoms with Crippen molar-refractivity contribution < 1.29 is 14.3 Å². The van der Waals surface area contributed by atoms with Crippen LogP contribution in [0.3, 0.4) is 0 Å². The molecule has 5 heteroatoms. The van der Waals surface area contributed by atoms with Gasteiger partial charge in [-0.3, -0.25) is 9.59 Å². The van der Waals surface area contributed by atoms with Crippen molar-refractivity contribution in [2.24, 2.45) is 11.3 Å². The summed E-state index contributed by atoms with van der Waals surface area (Å²) in [6.07, 6.45) is 2.25. The Morgan fingerprint density at radius 3 is 2.40 bits per heavy atom. The van der Waals surface area contributed by atoms with E-state index < -0.39 is 0 Å². The van der Waals surface area contributed by atoms with Gasteiger partial charge in [0.25, 0.3) is 0 Å². The van der Waals surface area contributed by atoms with Crippen molar-refractivity contribution >= 4 is 11.9 Å². The van der Waals surface area contributed by atoms with Crippen LogP contribution in [0.1, 0.15) is 40.0 Å². The van der Waals surface area contributed by atoms with Gasteiger partial charge in [0.05, 0.1) is 12.5 Å². The summed E-state index contributed by atoms with van der Waals surface area (Å²) in [5.41, 5.74) is -0.370. The van der Waals surface area contributed by atoms with Gasteiger partial charge in [0.2, 0.25) is 5.91 Å². The molecule has 1 heterocycles. The maximum Gasteiger partial charge on any atom is 0.305 e. The van der Waals surface area contributed by atoms with Gasteiger partial charge in [-0.25, -0.2) is 0 Å². The van der Waals surface area contributed by atoms with Crippen molar-refractivity contribution in [1.29, 1.82) is 0 Å². The molecule has 0 saturated carbocycles. The highest BCUT2D eigenvalue weighted by Gasteiger charge is 2.33. The molecule has 0 spiro atoms. The average molecular weight is 284 g/mol. The molecule has 1 saturated heterocycles. The smallest absolute Gasteiger partial charge is 0.305 e. The van der Waals surface area contributed by atoms with Crippen LogP contribution in [0, 0.1) is 11.3 Å². The topological polar surface area (TPSA) is 58.6 Å². The first-order valence-electron chi connectivity index (χ1n) is 7.47. The van der Waals surface area contributed by atoms with Gasteiger partial charge < -0.3 is 15.0 Å². The van der Waals surface area contributed by atoms with Crippen LogP contribution in [0.25, 0.3) is 0 Å². The molecule has 0 aromatic heterocycles. The molecule has 0 aromatic rings. The molecule has 0 aromatic carbocycles. The summed E-state index contributed by atoms with van der Waals surface area (Å²) in [7, 11) is 1.42. The van der Waals surface area contributed by atoms with Crippen molar-refractivity contribution in [1.82, 2.24) is 10.2 Å². The lowest BCUT2D eigenvalue weighted by atomic mass is 9.88. The highest BCUT2D eigenvalue weighted by atomic mass is 16.5. The van der Waals surface area contributed by atoms with Gasteiger partial charge in [-0.2, -0.15) is 0 Å². The van der Waals surface area contributed by atoms with E-state index in [1.807, 2.05) is 25.7 Å². The Balaban J connectivity index is 2.44. The van der Waals surface area contributed by atoms with Crippen LogP contribution in [0.4, 0.5) is 0 Å². The van der Waals surface area contributed by atoms with Gasteiger partial charge in [0.1, 0.15) is 0 Å². The lowest BCUT2D eigenvalue weighted by molar-refractivity contribution is -0.143. The van der Waals surface area contributed by atoms with E-state index in [0.29, 0.717) is 18.9 Å². The zero-order valence-corrected chi connectivity index (χ0v) is 13.2. The van der Waals surface area contributed by atoms with Crippen molar-refractivity contribution in [3.8, 4) is 0 Å². The minimum Gasteiger partial charge on any atom is -0.469 e. The highest BCUT2D eigenvalue weighted by molar-refractivity contribution is 5.82. The number of hydrogen-bond donors (Lipinski definition) is 1. The van der Waals surface area contributed by atoms with Crippen molar-refractivity contribution in [2.45, 2.75) is 40.0 Å². The van der Waals surface area contributed by atoms with Gasteiger partial charge >= 0.3 is 5.97 Å². The maximum atomic E-state index is 12.5. The third-order valence-corrected chi connectivity index (χ3v) is 3.98. The Kier molecular flexibility index (Phi) is 6.46. The molecule has 1 fully saturated rings. The zero-order chi connectivity index (χ0) is 15.2. The second-order valence-electron chi connectivity index (χ2n) is 6.18. The number of carbonyl (C=O) groups excluding carboxylic acids is 2. The molecule has 0 unspecified atom stereocenters. The Bertz CT molecular complexity index is 334. The number of amides is 1. The molecule has 1 N–H and O–H groups in total. The number of rotatable bonds is 6. The first kappa shape index (κ1) is 17.0. The SMILES string of the molecule is CCNCC(C)(C)C(=O)N1CCC(CC(=O)OC)CC1. The average Bonchev–Trinajstić information content (AvgIpc) is 2.45. The summed E-state index contributed by atoms with van der Waals surface area (Å²) in [6.45, 7) is 9.07. The van der Waals surface area contributed by atoms with Gasteiger partial charge in [0.15, 0.2) is 0 Å². The summed E-state index contributed by atoms with van der Waals surface area (Å²) >= 11 is 0. The van der Waals surface area contributed by atoms with Crippen LogP contribution in [-0.2, 0) is 14.3 Å². The first-order valence-corrected chi connectivity index (χ1v) is 7.47. The number of methoxy groups -OCH3 is 1. The molecule has 0 atom stereocenters. The lowest BCUT2D eigenvalue weighted by Crippen LogP contribution is -2.48. The Morgan fingerprint density at radius 2 is 1.90 bits per heavy atom. The first-order chi connectivity index (χ1) is 9.40. The van der Waals surface area contributed by atoms with Gasteiger partial charge in [-0.1, -0.05) is 6.92 Å². The van der Waals surface area contributed by atoms with Crippen LogP contribution in [0.15, 0.2) is 0 Å². The number of piperidine rings is 1. The largest absolute Gasteiger partial charge is 0.469 e. The van der Waals surface area contributed by atoms with Crippen LogP contribution < -0.4 is 5.32 Å². The van der Waals surface area contributed by atoms with E-state index in [1.54, 1.807) is 0 Å². The fourth-order valence-electron chi connectivity index (χ4n) is 2.60. The second-order valence-corrected chi connectivity index (χ2v) is 6.18. The Morgan fingerprint density at radius 1 is 1.30 bits per heavy atom. The van der Waals surface area contributed by atoms with Crippen LogP contribution in [0.5, 0.6) is 0 Å². The Hall–Kier alpha value is -1.10. The van der Waals surface area contributed by atoms with E-state index in [1.165, 1.54) is 7.11 Å². The predicted octanol–water partition coefficient (Wildman–Crippen LogP) is 1.42. The zero-order valence-electron chi connectivity index (χ0n) is 13.2. The molecule has 5 nitrogen and oxygen atoms in total. The molecule has 0 bridgehead atoms. The molecule has 116 valence electrons. The minimum atomic E-state index is -0.370. The standard InChI is InChI=1S/C15H28N2O3/c1-5-16-11-15(2,3)14(19)17-8-6-12(7-9-17)10-13(18)20-4/h12,16H,5-11H2,1-4H3. The van der Waals surface area contributed by atoms with E-state index >= 15 is 0 Å². The Labute approximate surface area is 122 Å². The van der Waals surface area contributed by atoms with Gasteiger partial charge in [-0.05, 0) is 39.2 Å². The van der Waals surface area contributed by atoms with E-state index in [0.717, 1.165) is 32.5 Å². The summed E-state index contributed by atoms with van der Waals surface area (Å²) < 4.78 is 4.70. The van der Waals surface area contributed by atoms with E-state index in [2.05, 4.69) is 5.32 Å². The number of esters is 1. The fourth-order valence-corrected chi connectivity index (χ4v) is 2.60. The third-order valence-electron chi connectivity index (χ3n) is 3.98. The molecule has 1 rings (SSSR count). The minimum absolute atomic E-state index is 0.151. The lowest BCUT2D eigenvalue weighted by Gasteiger charge is -2.37. The number of likely N-dealkylation sites (tertiary alicyclic amines) is 1. The molecular formula is C15H28N2O3. The van der Waals surface area contributed by atoms with Crippen molar-refractivity contribution in [3.05, 3.63) is 0 Å². The van der Waals surface area contributed by atoms with Crippen LogP contribution in [0.2, 0.25) is 0 Å². The summed E-state index contributed by atoms with van der Waals surface area (Å²) in [4.78, 5) is 25.7. The van der Waals surface area contributed by atoms with E-state index in [9.17, 15) is 9.59 Å². The van der Waals surface area contributed by atoms with Gasteiger partial charge in [0, 0.05) is 26.1 Å². The normalized spacial score (nSPS) is 17.1. The number of nitrogens with one attached hydrogen (secondary N) is 1. The van der Waals surface area contributed by atoms with Gasteiger partial charge in [-0.15, -0.1) is 0 Å². The maximum absolute atomic E-state index is 12.5. The summed E-state index contributed by atoms with van der Waals surface area (Å²) in [5, 5.41) is 3.24. The van der Waals surface area contributed by atoms with Crippen molar-refractivity contribution in [3.63, 3.8) is 0 Å². The fraction of sp³-hybridized carbons (Fsp3) is 0.867.